The van der Waals surface area contributed by atoms with Crippen molar-refractivity contribution >= 4 is 29.4 Å². The van der Waals surface area contributed by atoms with E-state index in [4.69, 9.17) is 15.9 Å². The lowest BCUT2D eigenvalue weighted by atomic mass is 9.98. The van der Waals surface area contributed by atoms with Crippen LogP contribution in [0.3, 0.4) is 0 Å². The lowest BCUT2D eigenvalue weighted by molar-refractivity contribution is -0.134. The second kappa shape index (κ2) is 14.3. The molecular weight excluding hydrogens is 414 g/mol. The number of nitrogens with two attached hydrogens (primary N) is 1. The van der Waals surface area contributed by atoms with Crippen molar-refractivity contribution in [1.29, 1.82) is 0 Å². The van der Waals surface area contributed by atoms with Crippen LogP contribution in [0.5, 0.6) is 0 Å². The molecule has 31 heavy (non-hydrogen) atoms. The number of benzene rings is 1. The molecule has 0 aliphatic rings. The average molecular weight is 446 g/mol. The van der Waals surface area contributed by atoms with E-state index in [1.165, 1.54) is 21.7 Å². The molecule has 0 saturated carbocycles. The van der Waals surface area contributed by atoms with Gasteiger partial charge in [0.15, 0.2) is 0 Å². The third kappa shape index (κ3) is 13.2. The van der Waals surface area contributed by atoms with Crippen LogP contribution in [0.1, 0.15) is 41.5 Å². The van der Waals surface area contributed by atoms with Gasteiger partial charge < -0.3 is 21.1 Å². The highest BCUT2D eigenvalue weighted by atomic mass is 32.1. The second-order valence-electron chi connectivity index (χ2n) is 7.41. The molecule has 0 fully saturated rings. The smallest absolute Gasteiger partial charge is 0.328 e. The van der Waals surface area contributed by atoms with E-state index in [0.717, 1.165) is 25.7 Å². The molecule has 7 heteroatoms. The zero-order valence-electron chi connectivity index (χ0n) is 17.7. The number of carboxylic acids is 2. The first-order valence-electron chi connectivity index (χ1n) is 10.0. The third-order valence-electron chi connectivity index (χ3n) is 4.32. The molecule has 0 bridgehead atoms. The predicted octanol–water partition coefficient (Wildman–Crippen LogP) is 4.14. The molecule has 6 nitrogen and oxygen atoms in total. The van der Waals surface area contributed by atoms with Gasteiger partial charge in [0.25, 0.3) is 0 Å². The van der Waals surface area contributed by atoms with Gasteiger partial charge in [0.1, 0.15) is 0 Å². The summed E-state index contributed by atoms with van der Waals surface area (Å²) < 4.78 is 0. The van der Waals surface area contributed by atoms with Gasteiger partial charge in [-0.15, -0.1) is 11.3 Å². The lowest BCUT2D eigenvalue weighted by Gasteiger charge is -2.20. The zero-order chi connectivity index (χ0) is 23.1. The summed E-state index contributed by atoms with van der Waals surface area (Å²) in [5, 5.41) is 24.8. The zero-order valence-corrected chi connectivity index (χ0v) is 18.6. The molecule has 0 spiro atoms. The van der Waals surface area contributed by atoms with Crippen LogP contribution < -0.4 is 5.73 Å². The van der Waals surface area contributed by atoms with E-state index in [2.05, 4.69) is 54.6 Å². The van der Waals surface area contributed by atoms with Crippen LogP contribution in [0.25, 0.3) is 6.08 Å². The van der Waals surface area contributed by atoms with Gasteiger partial charge in [0, 0.05) is 27.4 Å². The first-order chi connectivity index (χ1) is 14.7. The Kier molecular flexibility index (Phi) is 12.1. The SMILES string of the molecule is CC(N)(CO)CCc1ccc(C=CCCCc2ccccc2)s1.O=C(O)/C=C\C(=O)O. The van der Waals surface area contributed by atoms with Gasteiger partial charge in [-0.1, -0.05) is 36.4 Å². The van der Waals surface area contributed by atoms with Crippen molar-refractivity contribution in [3.63, 3.8) is 0 Å². The molecule has 5 N–H and O–H groups in total. The van der Waals surface area contributed by atoms with Crippen LogP contribution in [0, 0.1) is 0 Å². The second-order valence-corrected chi connectivity index (χ2v) is 8.61. The Morgan fingerprint density at radius 3 is 2.26 bits per heavy atom. The maximum Gasteiger partial charge on any atom is 0.328 e. The first kappa shape index (κ1) is 26.3. The van der Waals surface area contributed by atoms with E-state index < -0.39 is 17.5 Å². The number of aliphatic hydroxyl groups is 1. The fraction of sp³-hybridized carbons (Fsp3) is 0.333. The van der Waals surface area contributed by atoms with Crippen molar-refractivity contribution in [2.45, 2.75) is 44.6 Å². The minimum Gasteiger partial charge on any atom is -0.478 e. The standard InChI is InChI=1S/C20H27NOS.C4H4O4/c1-20(21,16-22)15-14-19-13-12-18(23-19)11-7-3-6-10-17-8-4-2-5-9-17;5-3(6)1-2-4(7)8/h2,4-5,7-9,11-13,22H,3,6,10,14-16,21H2,1H3;1-2H,(H,5,6)(H,7,8)/b;2-1-. The van der Waals surface area contributed by atoms with Crippen molar-refractivity contribution in [3.05, 3.63) is 76.0 Å². The van der Waals surface area contributed by atoms with Gasteiger partial charge in [-0.2, -0.15) is 0 Å². The van der Waals surface area contributed by atoms with E-state index in [9.17, 15) is 14.7 Å². The molecule has 0 amide bonds. The molecule has 1 aromatic heterocycles. The minimum absolute atomic E-state index is 0.0343. The van der Waals surface area contributed by atoms with Gasteiger partial charge >= 0.3 is 11.9 Å². The van der Waals surface area contributed by atoms with Crippen molar-refractivity contribution < 1.29 is 24.9 Å². The van der Waals surface area contributed by atoms with E-state index >= 15 is 0 Å². The largest absolute Gasteiger partial charge is 0.478 e. The number of carboxylic acid groups (broad SMARTS) is 2. The molecule has 0 aliphatic carbocycles. The van der Waals surface area contributed by atoms with Crippen molar-refractivity contribution in [3.8, 4) is 0 Å². The molecule has 2 aromatic rings. The Hall–Kier alpha value is -2.74. The van der Waals surface area contributed by atoms with Crippen molar-refractivity contribution in [1.82, 2.24) is 0 Å². The summed E-state index contributed by atoms with van der Waals surface area (Å²) >= 11 is 1.81. The Morgan fingerprint density at radius 1 is 1.03 bits per heavy atom. The summed E-state index contributed by atoms with van der Waals surface area (Å²) in [7, 11) is 0. The monoisotopic (exact) mass is 445 g/mol. The molecule has 1 unspecified atom stereocenters. The van der Waals surface area contributed by atoms with Crippen LogP contribution in [0.15, 0.2) is 60.7 Å². The summed E-state index contributed by atoms with van der Waals surface area (Å²) in [6, 6.07) is 15.0. The third-order valence-corrected chi connectivity index (χ3v) is 5.43. The van der Waals surface area contributed by atoms with E-state index in [1.807, 2.05) is 18.3 Å². The molecular formula is C24H31NO5S. The number of aliphatic hydroxyl groups excluding tert-OH is 1. The summed E-state index contributed by atoms with van der Waals surface area (Å²) in [6.45, 7) is 1.93. The Labute approximate surface area is 187 Å². The van der Waals surface area contributed by atoms with Gasteiger partial charge in [-0.3, -0.25) is 0 Å². The Balaban J connectivity index is 0.000000512. The van der Waals surface area contributed by atoms with Crippen LogP contribution in [0.4, 0.5) is 0 Å². The van der Waals surface area contributed by atoms with Crippen molar-refractivity contribution in [2.24, 2.45) is 5.73 Å². The van der Waals surface area contributed by atoms with Gasteiger partial charge in [0.2, 0.25) is 0 Å². The number of hydrogen-bond acceptors (Lipinski definition) is 5. The number of hydrogen-bond donors (Lipinski definition) is 4. The van der Waals surface area contributed by atoms with Crippen LogP contribution in [-0.2, 0) is 22.4 Å². The quantitative estimate of drug-likeness (QED) is 0.305. The number of aliphatic carboxylic acids is 2. The maximum absolute atomic E-state index is 9.55. The number of carbonyl (C=O) groups is 2. The van der Waals surface area contributed by atoms with Gasteiger partial charge in [0.05, 0.1) is 6.61 Å². The molecule has 1 atom stereocenters. The summed E-state index contributed by atoms with van der Waals surface area (Å²) in [5.41, 5.74) is 6.91. The predicted molar refractivity (Wildman–Crippen MR) is 125 cm³/mol. The maximum atomic E-state index is 9.55. The lowest BCUT2D eigenvalue weighted by Crippen LogP contribution is -2.40. The highest BCUT2D eigenvalue weighted by molar-refractivity contribution is 7.12. The summed E-state index contributed by atoms with van der Waals surface area (Å²) in [6.07, 6.45) is 10.8. The number of thiophene rings is 1. The number of rotatable bonds is 11. The fourth-order valence-electron chi connectivity index (χ4n) is 2.52. The van der Waals surface area contributed by atoms with Crippen LogP contribution in [0.2, 0.25) is 0 Å². The average Bonchev–Trinajstić information content (AvgIpc) is 3.20. The summed E-state index contributed by atoms with van der Waals surface area (Å²) in [5.74, 6) is -2.51. The van der Waals surface area contributed by atoms with Crippen LogP contribution >= 0.6 is 11.3 Å². The number of unbranched alkanes of at least 4 members (excludes halogenated alkanes) is 1. The number of aryl methyl sites for hydroxylation is 2. The normalized spacial score (nSPS) is 13.0. The first-order valence-corrected chi connectivity index (χ1v) is 10.9. The molecule has 1 aromatic carbocycles. The van der Waals surface area contributed by atoms with Crippen molar-refractivity contribution in [2.75, 3.05) is 6.61 Å². The number of allylic oxidation sites excluding steroid dienone is 1. The van der Waals surface area contributed by atoms with Gasteiger partial charge in [-0.05, 0) is 62.8 Å². The van der Waals surface area contributed by atoms with Gasteiger partial charge in [-0.25, -0.2) is 9.59 Å². The molecule has 0 saturated heterocycles. The summed E-state index contributed by atoms with van der Waals surface area (Å²) in [4.78, 5) is 21.7. The molecule has 2 rings (SSSR count). The molecule has 0 radical (unpaired) electrons. The highest BCUT2D eigenvalue weighted by Crippen LogP contribution is 2.21. The Bertz CT molecular complexity index is 840. The minimum atomic E-state index is -1.26. The Morgan fingerprint density at radius 2 is 1.68 bits per heavy atom. The van der Waals surface area contributed by atoms with Crippen LogP contribution in [-0.4, -0.2) is 39.4 Å². The molecule has 1 heterocycles. The van der Waals surface area contributed by atoms with E-state index in [1.54, 1.807) is 0 Å². The fourth-order valence-corrected chi connectivity index (χ4v) is 3.46. The van der Waals surface area contributed by atoms with E-state index in [0.29, 0.717) is 12.2 Å². The highest BCUT2D eigenvalue weighted by Gasteiger charge is 2.16. The molecule has 168 valence electrons. The topological polar surface area (TPSA) is 121 Å². The molecule has 0 aliphatic heterocycles. The van der Waals surface area contributed by atoms with E-state index in [-0.39, 0.29) is 6.61 Å².